The van der Waals surface area contributed by atoms with Gasteiger partial charge in [0.25, 0.3) is 0 Å². The maximum Gasteiger partial charge on any atom is 0.320 e. The fourth-order valence-electron chi connectivity index (χ4n) is 2.57. The van der Waals surface area contributed by atoms with Crippen LogP contribution >= 0.6 is 0 Å². The van der Waals surface area contributed by atoms with E-state index in [0.717, 1.165) is 18.7 Å². The second-order valence-electron chi connectivity index (χ2n) is 5.37. The molecule has 7 nitrogen and oxygen atoms in total. The average molecular weight is 292 g/mol. The minimum Gasteiger partial charge on any atom is -0.471 e. The van der Waals surface area contributed by atoms with E-state index in [1.54, 1.807) is 0 Å². The van der Waals surface area contributed by atoms with Crippen molar-refractivity contribution in [3.8, 4) is 5.88 Å². The molecule has 2 aliphatic heterocycles. The SMILES string of the molecule is Cc1ccc(O[C@H]2CCN(C(=O)N3CCOCC3)C2)nn1. The van der Waals surface area contributed by atoms with Crippen molar-refractivity contribution in [1.29, 1.82) is 0 Å². The van der Waals surface area contributed by atoms with E-state index >= 15 is 0 Å². The first-order valence-electron chi connectivity index (χ1n) is 7.31. The van der Waals surface area contributed by atoms with Gasteiger partial charge in [0, 0.05) is 32.1 Å². The van der Waals surface area contributed by atoms with Gasteiger partial charge in [0.15, 0.2) is 0 Å². The van der Waals surface area contributed by atoms with Gasteiger partial charge >= 0.3 is 6.03 Å². The number of carbonyl (C=O) groups excluding carboxylic acids is 1. The Morgan fingerprint density at radius 2 is 2.05 bits per heavy atom. The van der Waals surface area contributed by atoms with E-state index in [0.29, 0.717) is 38.7 Å². The number of ether oxygens (including phenoxy) is 2. The summed E-state index contributed by atoms with van der Waals surface area (Å²) in [6, 6.07) is 3.77. The Morgan fingerprint density at radius 1 is 1.24 bits per heavy atom. The number of morpholine rings is 1. The molecule has 7 heteroatoms. The number of hydrogen-bond donors (Lipinski definition) is 0. The van der Waals surface area contributed by atoms with Crippen molar-refractivity contribution in [2.45, 2.75) is 19.4 Å². The predicted molar refractivity (Wildman–Crippen MR) is 75.2 cm³/mol. The average Bonchev–Trinajstić information content (AvgIpc) is 2.98. The number of nitrogens with zero attached hydrogens (tertiary/aromatic N) is 4. The minimum absolute atomic E-state index is 0.00741. The Morgan fingerprint density at radius 3 is 2.76 bits per heavy atom. The molecule has 1 aromatic heterocycles. The van der Waals surface area contributed by atoms with Gasteiger partial charge < -0.3 is 19.3 Å². The first kappa shape index (κ1) is 14.1. The summed E-state index contributed by atoms with van der Waals surface area (Å²) in [4.78, 5) is 16.0. The highest BCUT2D eigenvalue weighted by Gasteiger charge is 2.31. The van der Waals surface area contributed by atoms with Crippen LogP contribution in [0.4, 0.5) is 4.79 Å². The summed E-state index contributed by atoms with van der Waals surface area (Å²) in [5, 5.41) is 7.97. The number of hydrogen-bond acceptors (Lipinski definition) is 5. The van der Waals surface area contributed by atoms with Crippen LogP contribution in [-0.2, 0) is 4.74 Å². The minimum atomic E-state index is -0.00741. The van der Waals surface area contributed by atoms with Crippen LogP contribution in [0.1, 0.15) is 12.1 Å². The topological polar surface area (TPSA) is 67.8 Å². The molecule has 0 N–H and O–H groups in total. The number of rotatable bonds is 2. The molecule has 0 saturated carbocycles. The molecule has 2 fully saturated rings. The Balaban J connectivity index is 1.52. The zero-order chi connectivity index (χ0) is 14.7. The Hall–Kier alpha value is -1.89. The summed E-state index contributed by atoms with van der Waals surface area (Å²) in [7, 11) is 0. The van der Waals surface area contributed by atoms with Crippen molar-refractivity contribution in [2.24, 2.45) is 0 Å². The lowest BCUT2D eigenvalue weighted by atomic mass is 10.3. The van der Waals surface area contributed by atoms with Gasteiger partial charge in [-0.15, -0.1) is 5.10 Å². The van der Waals surface area contributed by atoms with Gasteiger partial charge in [-0.2, -0.15) is 5.10 Å². The largest absolute Gasteiger partial charge is 0.471 e. The number of carbonyl (C=O) groups is 1. The highest BCUT2D eigenvalue weighted by Crippen LogP contribution is 2.17. The molecule has 2 amide bonds. The van der Waals surface area contributed by atoms with Gasteiger partial charge in [0.2, 0.25) is 5.88 Å². The second kappa shape index (κ2) is 6.26. The molecule has 3 rings (SSSR count). The standard InChI is InChI=1S/C14H20N4O3/c1-11-2-3-13(16-15-11)21-12-4-5-18(10-12)14(19)17-6-8-20-9-7-17/h2-3,12H,4-10H2,1H3/t12-/m0/s1. The molecule has 0 unspecified atom stereocenters. The lowest BCUT2D eigenvalue weighted by Crippen LogP contribution is -2.47. The van der Waals surface area contributed by atoms with Crippen molar-refractivity contribution in [2.75, 3.05) is 39.4 Å². The van der Waals surface area contributed by atoms with E-state index in [-0.39, 0.29) is 12.1 Å². The molecule has 2 saturated heterocycles. The first-order chi connectivity index (χ1) is 10.2. The van der Waals surface area contributed by atoms with Gasteiger partial charge in [-0.1, -0.05) is 0 Å². The van der Waals surface area contributed by atoms with Crippen LogP contribution < -0.4 is 4.74 Å². The molecule has 0 aliphatic carbocycles. The quantitative estimate of drug-likeness (QED) is 0.802. The van der Waals surface area contributed by atoms with Crippen LogP contribution in [0.2, 0.25) is 0 Å². The monoisotopic (exact) mass is 292 g/mol. The molecule has 0 radical (unpaired) electrons. The highest BCUT2D eigenvalue weighted by molar-refractivity contribution is 5.74. The van der Waals surface area contributed by atoms with Crippen molar-refractivity contribution in [1.82, 2.24) is 20.0 Å². The lowest BCUT2D eigenvalue weighted by Gasteiger charge is -2.30. The van der Waals surface area contributed by atoms with Crippen LogP contribution in [0.25, 0.3) is 0 Å². The smallest absolute Gasteiger partial charge is 0.320 e. The predicted octanol–water partition coefficient (Wildman–Crippen LogP) is 0.690. The third-order valence-electron chi connectivity index (χ3n) is 3.76. The van der Waals surface area contributed by atoms with E-state index in [1.807, 2.05) is 28.9 Å². The van der Waals surface area contributed by atoms with E-state index in [9.17, 15) is 4.79 Å². The van der Waals surface area contributed by atoms with Gasteiger partial charge in [0.05, 0.1) is 25.5 Å². The third kappa shape index (κ3) is 3.41. The molecule has 21 heavy (non-hydrogen) atoms. The van der Waals surface area contributed by atoms with Crippen LogP contribution in [0.5, 0.6) is 5.88 Å². The first-order valence-corrected chi connectivity index (χ1v) is 7.31. The number of urea groups is 1. The van der Waals surface area contributed by atoms with Crippen LogP contribution in [0.15, 0.2) is 12.1 Å². The van der Waals surface area contributed by atoms with Crippen LogP contribution in [-0.4, -0.2) is 71.5 Å². The summed E-state index contributed by atoms with van der Waals surface area (Å²) in [6.45, 7) is 5.80. The summed E-state index contributed by atoms with van der Waals surface area (Å²) >= 11 is 0. The van der Waals surface area contributed by atoms with Gasteiger partial charge in [-0.3, -0.25) is 0 Å². The van der Waals surface area contributed by atoms with E-state index in [2.05, 4.69) is 10.2 Å². The molecule has 1 aromatic rings. The van der Waals surface area contributed by atoms with Crippen molar-refractivity contribution >= 4 is 6.03 Å². The normalized spacial score (nSPS) is 22.4. The van der Waals surface area contributed by atoms with Crippen molar-refractivity contribution < 1.29 is 14.3 Å². The fourth-order valence-corrected chi connectivity index (χ4v) is 2.57. The summed E-state index contributed by atoms with van der Waals surface area (Å²) in [5.74, 6) is 0.520. The van der Waals surface area contributed by atoms with Crippen molar-refractivity contribution in [3.05, 3.63) is 17.8 Å². The molecule has 0 bridgehead atoms. The lowest BCUT2D eigenvalue weighted by molar-refractivity contribution is 0.0443. The summed E-state index contributed by atoms with van der Waals surface area (Å²) < 4.78 is 11.1. The van der Waals surface area contributed by atoms with Crippen molar-refractivity contribution in [3.63, 3.8) is 0 Å². The maximum atomic E-state index is 12.4. The highest BCUT2D eigenvalue weighted by atomic mass is 16.5. The number of aryl methyl sites for hydroxylation is 1. The second-order valence-corrected chi connectivity index (χ2v) is 5.37. The molecule has 3 heterocycles. The number of amides is 2. The van der Waals surface area contributed by atoms with Gasteiger partial charge in [-0.05, 0) is 13.0 Å². The zero-order valence-electron chi connectivity index (χ0n) is 12.2. The molecule has 1 atom stereocenters. The molecule has 0 spiro atoms. The zero-order valence-corrected chi connectivity index (χ0v) is 12.2. The number of likely N-dealkylation sites (tertiary alicyclic amines) is 1. The van der Waals surface area contributed by atoms with Gasteiger partial charge in [-0.25, -0.2) is 4.79 Å². The molecular formula is C14H20N4O3. The maximum absolute atomic E-state index is 12.4. The van der Waals surface area contributed by atoms with Gasteiger partial charge in [0.1, 0.15) is 6.10 Å². The Kier molecular flexibility index (Phi) is 4.19. The summed E-state index contributed by atoms with van der Waals surface area (Å²) in [5.41, 5.74) is 0.859. The Bertz CT molecular complexity index is 487. The number of aromatic nitrogens is 2. The third-order valence-corrected chi connectivity index (χ3v) is 3.76. The molecule has 0 aromatic carbocycles. The molecule has 114 valence electrons. The van der Waals surface area contributed by atoms with E-state index in [4.69, 9.17) is 9.47 Å². The van der Waals surface area contributed by atoms with Crippen LogP contribution in [0.3, 0.4) is 0 Å². The Labute approximate surface area is 123 Å². The summed E-state index contributed by atoms with van der Waals surface area (Å²) in [6.07, 6.45) is 0.818. The van der Waals surface area contributed by atoms with Crippen LogP contribution in [0, 0.1) is 6.92 Å². The van der Waals surface area contributed by atoms with E-state index in [1.165, 1.54) is 0 Å². The molecular weight excluding hydrogens is 272 g/mol. The fraction of sp³-hybridized carbons (Fsp3) is 0.643. The molecule has 2 aliphatic rings. The van der Waals surface area contributed by atoms with E-state index < -0.39 is 0 Å².